The van der Waals surface area contributed by atoms with Gasteiger partial charge in [0.15, 0.2) is 0 Å². The number of amides is 1. The summed E-state index contributed by atoms with van der Waals surface area (Å²) in [7, 11) is 0. The van der Waals surface area contributed by atoms with Gasteiger partial charge < -0.3 is 4.98 Å². The lowest BCUT2D eigenvalue weighted by Gasteiger charge is -2.03. The van der Waals surface area contributed by atoms with Crippen LogP contribution in [-0.4, -0.2) is 16.8 Å². The zero-order chi connectivity index (χ0) is 13.7. The molecule has 2 N–H and O–H groups in total. The van der Waals surface area contributed by atoms with Gasteiger partial charge in [-0.1, -0.05) is 16.8 Å². The lowest BCUT2D eigenvalue weighted by molar-refractivity contribution is 0.166. The zero-order valence-electron chi connectivity index (χ0n) is 10.2. The minimum atomic E-state index is -0.659. The average Bonchev–Trinajstić information content (AvgIpc) is 2.93. The molecule has 0 spiro atoms. The highest BCUT2D eigenvalue weighted by atomic mass is 35.5. The highest BCUT2D eigenvalue weighted by Gasteiger charge is 2.04. The molecule has 0 bridgehead atoms. The van der Waals surface area contributed by atoms with Gasteiger partial charge in [-0.2, -0.15) is 0 Å². The van der Waals surface area contributed by atoms with Crippen molar-refractivity contribution in [3.8, 4) is 0 Å². The summed E-state index contributed by atoms with van der Waals surface area (Å²) >= 11 is 5.74. The van der Waals surface area contributed by atoms with Gasteiger partial charge in [-0.3, -0.25) is 10.2 Å². The van der Waals surface area contributed by atoms with Crippen LogP contribution in [0.2, 0.25) is 5.02 Å². The highest BCUT2D eigenvalue weighted by molar-refractivity contribution is 6.30. The first-order valence-corrected chi connectivity index (χ1v) is 5.95. The van der Waals surface area contributed by atoms with Gasteiger partial charge in [0.05, 0.1) is 5.69 Å². The molecule has 0 atom stereocenters. The molecule has 98 valence electrons. The molecule has 0 radical (unpaired) electrons. The third-order valence-corrected chi connectivity index (χ3v) is 2.60. The highest BCUT2D eigenvalue weighted by Crippen LogP contribution is 2.13. The number of H-pyrrole nitrogens is 1. The molecule has 0 aliphatic rings. The summed E-state index contributed by atoms with van der Waals surface area (Å²) in [6, 6.07) is 10.4. The molecule has 1 aromatic heterocycles. The maximum Gasteiger partial charge on any atom is 0.437 e. The van der Waals surface area contributed by atoms with E-state index in [2.05, 4.69) is 15.5 Å². The molecule has 2 rings (SSSR count). The molecule has 0 fully saturated rings. The summed E-state index contributed by atoms with van der Waals surface area (Å²) in [5, 5.41) is 6.86. The van der Waals surface area contributed by atoms with Crippen molar-refractivity contribution in [1.82, 2.24) is 4.98 Å². The lowest BCUT2D eigenvalue weighted by atomic mass is 10.3. The Hall–Kier alpha value is -2.27. The van der Waals surface area contributed by atoms with Crippen LogP contribution in [0.4, 0.5) is 10.5 Å². The monoisotopic (exact) mass is 277 g/mol. The number of hydrogen-bond donors (Lipinski definition) is 2. The Morgan fingerprint density at radius 3 is 2.68 bits per heavy atom. The number of nitrogens with one attached hydrogen (secondary N) is 2. The SMILES string of the molecule is CC(=NOC(=O)Nc1ccc(Cl)cc1)c1ccc[nH]1. The summed E-state index contributed by atoms with van der Waals surface area (Å²) in [6.07, 6.45) is 1.11. The quantitative estimate of drug-likeness (QED) is 0.511. The maximum absolute atomic E-state index is 11.5. The van der Waals surface area contributed by atoms with E-state index >= 15 is 0 Å². The van der Waals surface area contributed by atoms with Crippen LogP contribution in [-0.2, 0) is 4.84 Å². The molecule has 0 aliphatic heterocycles. The minimum Gasteiger partial charge on any atom is -0.360 e. The summed E-state index contributed by atoms with van der Waals surface area (Å²) in [5.41, 5.74) is 1.96. The Bertz CT molecular complexity index is 576. The predicted molar refractivity (Wildman–Crippen MR) is 74.6 cm³/mol. The molecule has 1 amide bonds. The second-order valence-electron chi connectivity index (χ2n) is 3.77. The molecule has 0 aliphatic carbocycles. The molecule has 5 nitrogen and oxygen atoms in total. The fraction of sp³-hybridized carbons (Fsp3) is 0.0769. The number of carbonyl (C=O) groups excluding carboxylic acids is 1. The molecule has 1 aromatic carbocycles. The van der Waals surface area contributed by atoms with E-state index in [1.165, 1.54) is 0 Å². The Morgan fingerprint density at radius 2 is 2.05 bits per heavy atom. The van der Waals surface area contributed by atoms with Crippen molar-refractivity contribution in [2.24, 2.45) is 5.16 Å². The van der Waals surface area contributed by atoms with Crippen molar-refractivity contribution in [3.63, 3.8) is 0 Å². The van der Waals surface area contributed by atoms with E-state index in [4.69, 9.17) is 16.4 Å². The Kier molecular flexibility index (Phi) is 4.20. The first-order chi connectivity index (χ1) is 9.15. The number of benzene rings is 1. The second kappa shape index (κ2) is 6.06. The van der Waals surface area contributed by atoms with Crippen LogP contribution in [0.3, 0.4) is 0 Å². The number of aromatic nitrogens is 1. The Labute approximate surface area is 115 Å². The number of oxime groups is 1. The van der Waals surface area contributed by atoms with Gasteiger partial charge in [0, 0.05) is 16.9 Å². The van der Waals surface area contributed by atoms with Gasteiger partial charge in [0.25, 0.3) is 0 Å². The van der Waals surface area contributed by atoms with Gasteiger partial charge in [-0.25, -0.2) is 4.79 Å². The summed E-state index contributed by atoms with van der Waals surface area (Å²) in [4.78, 5) is 19.2. The minimum absolute atomic E-state index is 0.580. The molecule has 0 saturated heterocycles. The normalized spacial score (nSPS) is 11.2. The fourth-order valence-electron chi connectivity index (χ4n) is 1.39. The van der Waals surface area contributed by atoms with E-state index in [0.29, 0.717) is 16.4 Å². The molecule has 6 heteroatoms. The predicted octanol–water partition coefficient (Wildman–Crippen LogP) is 3.64. The van der Waals surface area contributed by atoms with E-state index in [0.717, 1.165) is 5.69 Å². The van der Waals surface area contributed by atoms with Crippen molar-refractivity contribution >= 4 is 29.1 Å². The van der Waals surface area contributed by atoms with Crippen LogP contribution < -0.4 is 5.32 Å². The Balaban J connectivity index is 1.91. The molecule has 1 heterocycles. The van der Waals surface area contributed by atoms with Crippen LogP contribution in [0.25, 0.3) is 0 Å². The third-order valence-electron chi connectivity index (χ3n) is 2.34. The van der Waals surface area contributed by atoms with Crippen molar-refractivity contribution in [2.75, 3.05) is 5.32 Å². The molecule has 0 saturated carbocycles. The standard InChI is InChI=1S/C13H12ClN3O2/c1-9(12-3-2-8-15-12)17-19-13(18)16-11-6-4-10(14)5-7-11/h2-8,15H,1H3,(H,16,18). The number of halogens is 1. The van der Waals surface area contributed by atoms with E-state index in [1.807, 2.05) is 12.1 Å². The Morgan fingerprint density at radius 1 is 1.32 bits per heavy atom. The number of aromatic amines is 1. The molecule has 19 heavy (non-hydrogen) atoms. The van der Waals surface area contributed by atoms with E-state index < -0.39 is 6.09 Å². The maximum atomic E-state index is 11.5. The first kappa shape index (κ1) is 13.2. The number of nitrogens with zero attached hydrogens (tertiary/aromatic N) is 1. The number of hydrogen-bond acceptors (Lipinski definition) is 3. The van der Waals surface area contributed by atoms with Crippen LogP contribution in [0, 0.1) is 0 Å². The van der Waals surface area contributed by atoms with Crippen molar-refractivity contribution in [1.29, 1.82) is 0 Å². The van der Waals surface area contributed by atoms with Gasteiger partial charge in [0.2, 0.25) is 0 Å². The smallest absolute Gasteiger partial charge is 0.360 e. The number of rotatable bonds is 3. The average molecular weight is 278 g/mol. The van der Waals surface area contributed by atoms with Gasteiger partial charge >= 0.3 is 6.09 Å². The van der Waals surface area contributed by atoms with Crippen LogP contribution in [0.15, 0.2) is 47.8 Å². The topological polar surface area (TPSA) is 66.5 Å². The molecular formula is C13H12ClN3O2. The molecule has 2 aromatic rings. The molecule has 0 unspecified atom stereocenters. The van der Waals surface area contributed by atoms with Crippen LogP contribution in [0.1, 0.15) is 12.6 Å². The van der Waals surface area contributed by atoms with E-state index in [-0.39, 0.29) is 0 Å². The van der Waals surface area contributed by atoms with Gasteiger partial charge in [-0.15, -0.1) is 0 Å². The number of carbonyl (C=O) groups is 1. The van der Waals surface area contributed by atoms with Gasteiger partial charge in [0.1, 0.15) is 5.71 Å². The van der Waals surface area contributed by atoms with Crippen molar-refractivity contribution in [2.45, 2.75) is 6.92 Å². The molecular weight excluding hydrogens is 266 g/mol. The van der Waals surface area contributed by atoms with Crippen LogP contribution >= 0.6 is 11.6 Å². The first-order valence-electron chi connectivity index (χ1n) is 5.57. The van der Waals surface area contributed by atoms with Crippen molar-refractivity contribution in [3.05, 3.63) is 53.3 Å². The van der Waals surface area contributed by atoms with Gasteiger partial charge in [-0.05, 0) is 43.3 Å². The van der Waals surface area contributed by atoms with Crippen LogP contribution in [0.5, 0.6) is 0 Å². The fourth-order valence-corrected chi connectivity index (χ4v) is 1.51. The lowest BCUT2D eigenvalue weighted by Crippen LogP contribution is -2.11. The second-order valence-corrected chi connectivity index (χ2v) is 4.21. The van der Waals surface area contributed by atoms with Crippen molar-refractivity contribution < 1.29 is 9.63 Å². The summed E-state index contributed by atoms with van der Waals surface area (Å²) in [5.74, 6) is 0. The summed E-state index contributed by atoms with van der Waals surface area (Å²) in [6.45, 7) is 1.74. The van der Waals surface area contributed by atoms with E-state index in [1.54, 1.807) is 37.4 Å². The summed E-state index contributed by atoms with van der Waals surface area (Å²) < 4.78 is 0. The van der Waals surface area contributed by atoms with E-state index in [9.17, 15) is 4.79 Å². The number of anilines is 1. The zero-order valence-corrected chi connectivity index (χ0v) is 10.9. The largest absolute Gasteiger partial charge is 0.437 e. The third kappa shape index (κ3) is 3.86.